The monoisotopic (exact) mass is 716 g/mol. The molecule has 11 heteroatoms. The zero-order valence-electron chi connectivity index (χ0n) is 31.0. The highest BCUT2D eigenvalue weighted by Gasteiger charge is 2.64. The van der Waals surface area contributed by atoms with Gasteiger partial charge in [-0.25, -0.2) is 0 Å². The summed E-state index contributed by atoms with van der Waals surface area (Å²) in [5, 5.41) is 31.9. The lowest BCUT2D eigenvalue weighted by Crippen LogP contribution is -2.72. The lowest BCUT2D eigenvalue weighted by molar-refractivity contribution is -0.369. The summed E-state index contributed by atoms with van der Waals surface area (Å²) in [6.07, 6.45) is 12.5. The van der Waals surface area contributed by atoms with Crippen LogP contribution < -0.4 is 0 Å². The molecule has 0 unspecified atom stereocenters. The highest BCUT2D eigenvalue weighted by atomic mass is 16.6. The van der Waals surface area contributed by atoms with Crippen LogP contribution in [0.5, 0.6) is 0 Å². The van der Waals surface area contributed by atoms with Gasteiger partial charge in [0.15, 0.2) is 0 Å². The number of hydrogen-bond donors (Lipinski definition) is 3. The molecule has 286 valence electrons. The van der Waals surface area contributed by atoms with Gasteiger partial charge in [-0.1, -0.05) is 37.0 Å². The quantitative estimate of drug-likeness (QED) is 0.282. The number of rotatable bonds is 5. The van der Waals surface area contributed by atoms with Crippen LogP contribution in [0.2, 0.25) is 0 Å². The average molecular weight is 717 g/mol. The molecule has 3 N–H and O–H groups in total. The minimum Gasteiger partial charge on any atom is -0.396 e. The number of aliphatic hydroxyl groups excluding tert-OH is 2. The first-order valence-corrected chi connectivity index (χ1v) is 19.5. The first kappa shape index (κ1) is 36.7. The van der Waals surface area contributed by atoms with E-state index in [-0.39, 0.29) is 73.8 Å². The van der Waals surface area contributed by atoms with E-state index >= 15 is 0 Å². The molecule has 8 heterocycles. The molecule has 8 rings (SSSR count). The Morgan fingerprint density at radius 1 is 0.765 bits per heavy atom. The highest BCUT2D eigenvalue weighted by Crippen LogP contribution is 2.54. The van der Waals surface area contributed by atoms with Crippen molar-refractivity contribution in [3.8, 4) is 0 Å². The van der Waals surface area contributed by atoms with E-state index in [1.54, 1.807) is 25.2 Å². The van der Waals surface area contributed by atoms with E-state index in [2.05, 4.69) is 27.4 Å². The first-order chi connectivity index (χ1) is 24.2. The fourth-order valence-corrected chi connectivity index (χ4v) is 10.8. The van der Waals surface area contributed by atoms with Gasteiger partial charge in [0.05, 0.1) is 83.9 Å². The first-order valence-electron chi connectivity index (χ1n) is 19.5. The maximum Gasteiger partial charge on any atom is 0.118 e. The van der Waals surface area contributed by atoms with Crippen LogP contribution in [-0.2, 0) is 37.9 Å². The van der Waals surface area contributed by atoms with Gasteiger partial charge in [0.2, 0.25) is 0 Å². The summed E-state index contributed by atoms with van der Waals surface area (Å²) in [7, 11) is 0. The van der Waals surface area contributed by atoms with Gasteiger partial charge in [-0.3, -0.25) is 0 Å². The summed E-state index contributed by atoms with van der Waals surface area (Å²) in [5.74, 6) is 0. The second-order valence-corrected chi connectivity index (χ2v) is 17.8. The van der Waals surface area contributed by atoms with E-state index < -0.39 is 40.2 Å². The van der Waals surface area contributed by atoms with Crippen molar-refractivity contribution in [2.75, 3.05) is 6.61 Å². The van der Waals surface area contributed by atoms with Crippen molar-refractivity contribution in [3.63, 3.8) is 0 Å². The average Bonchev–Trinajstić information content (AvgIpc) is 3.26. The Kier molecular flexibility index (Phi) is 9.52. The van der Waals surface area contributed by atoms with E-state index in [9.17, 15) is 15.3 Å². The molecular weight excluding hydrogens is 656 g/mol. The van der Waals surface area contributed by atoms with E-state index in [4.69, 9.17) is 37.9 Å². The summed E-state index contributed by atoms with van der Waals surface area (Å²) in [6.45, 7) is 14.0. The van der Waals surface area contributed by atoms with Crippen molar-refractivity contribution in [3.05, 3.63) is 37.0 Å². The number of fused-ring (bicyclic) bond motifs is 7. The zero-order valence-corrected chi connectivity index (χ0v) is 31.0. The number of allylic oxidation sites excluding steroid dienone is 2. The van der Waals surface area contributed by atoms with Crippen molar-refractivity contribution in [1.29, 1.82) is 0 Å². The molecule has 0 bridgehead atoms. The fourth-order valence-electron chi connectivity index (χ4n) is 10.8. The topological polar surface area (TPSA) is 135 Å². The third-order valence-corrected chi connectivity index (χ3v) is 13.7. The largest absolute Gasteiger partial charge is 0.396 e. The second kappa shape index (κ2) is 13.2. The third-order valence-electron chi connectivity index (χ3n) is 13.7. The lowest BCUT2D eigenvalue weighted by atomic mass is 9.72. The van der Waals surface area contributed by atoms with Crippen LogP contribution in [0.1, 0.15) is 98.8 Å². The standard InChI is InChI=1S/C40H60O11/c1-7-8-11-31-36(2,43)15-14-25-27(46-31)19-33-39(5,49-25)22-38(4)32(48-33)13-12-24-28(50-38)18-26-29(45-24)21-37(3)34(47-26)20-35-40(6,51-37)30(42)17-23(44-35)10-9-16-41/h7-8,11,14-15,23-35,41-43H,1,9-10,12-13,16-22H2,2-6H3/b11-8-/t23-,24+,25+,26+,27-,28-,29-,30-,31+,32-,33+,34-,35+,36-,37+,38+,39-,40-/m0/s1. The maximum absolute atomic E-state index is 11.3. The molecule has 0 amide bonds. The molecule has 7 saturated heterocycles. The van der Waals surface area contributed by atoms with Crippen LogP contribution in [-0.4, -0.2) is 129 Å². The Hall–Kier alpha value is -1.22. The summed E-state index contributed by atoms with van der Waals surface area (Å²) < 4.78 is 54.6. The Labute approximate surface area is 302 Å². The molecule has 7 fully saturated rings. The van der Waals surface area contributed by atoms with Crippen LogP contribution in [0.15, 0.2) is 37.0 Å². The third kappa shape index (κ3) is 6.44. The Bertz CT molecular complexity index is 1370. The SMILES string of the molecule is C=C/C=C\[C@H]1O[C@H]2C[C@H]3O[C@H]4CC[C@H]5O[C@H]6C[C@@]7(C)O[C@@]8(C)[C@@H](O)C[C@H](CCCO)O[C@@H]8C[C@@H]7O[C@@H]6C[C@@H]5O[C@]4(C)C[C@]3(C)O[C@@H]2C=C[C@]1(C)O. The Balaban J connectivity index is 0.966. The zero-order chi connectivity index (χ0) is 36.0. The van der Waals surface area contributed by atoms with Crippen LogP contribution in [0.4, 0.5) is 0 Å². The van der Waals surface area contributed by atoms with Gasteiger partial charge in [0.25, 0.3) is 0 Å². The number of ether oxygens (including phenoxy) is 8. The lowest BCUT2D eigenvalue weighted by Gasteiger charge is -2.61. The van der Waals surface area contributed by atoms with E-state index in [0.717, 1.165) is 12.8 Å². The molecule has 8 aliphatic heterocycles. The normalized spacial score (nSPS) is 56.5. The molecule has 51 heavy (non-hydrogen) atoms. The molecule has 0 radical (unpaired) electrons. The molecular formula is C40H60O11. The molecule has 0 aromatic carbocycles. The molecule has 0 aromatic heterocycles. The number of hydrogen-bond acceptors (Lipinski definition) is 11. The molecule has 0 aromatic rings. The van der Waals surface area contributed by atoms with Crippen LogP contribution >= 0.6 is 0 Å². The van der Waals surface area contributed by atoms with Gasteiger partial charge >= 0.3 is 0 Å². The van der Waals surface area contributed by atoms with E-state index in [1.165, 1.54) is 0 Å². The van der Waals surface area contributed by atoms with Crippen molar-refractivity contribution < 1.29 is 53.2 Å². The smallest absolute Gasteiger partial charge is 0.118 e. The molecule has 11 nitrogen and oxygen atoms in total. The van der Waals surface area contributed by atoms with Crippen LogP contribution in [0, 0.1) is 0 Å². The minimum atomic E-state index is -1.18. The summed E-state index contributed by atoms with van der Waals surface area (Å²) >= 11 is 0. The highest BCUT2D eigenvalue weighted by molar-refractivity contribution is 5.19. The van der Waals surface area contributed by atoms with E-state index in [0.29, 0.717) is 51.4 Å². The fraction of sp³-hybridized carbons (Fsp3) is 0.850. The molecule has 0 aliphatic carbocycles. The Morgan fingerprint density at radius 2 is 1.55 bits per heavy atom. The summed E-state index contributed by atoms with van der Waals surface area (Å²) in [6, 6.07) is 0. The van der Waals surface area contributed by atoms with Crippen molar-refractivity contribution in [2.24, 2.45) is 0 Å². The molecule has 0 spiro atoms. The van der Waals surface area contributed by atoms with Crippen LogP contribution in [0.25, 0.3) is 0 Å². The van der Waals surface area contributed by atoms with Gasteiger partial charge in [0, 0.05) is 45.1 Å². The van der Waals surface area contributed by atoms with Gasteiger partial charge in [0.1, 0.15) is 23.4 Å². The van der Waals surface area contributed by atoms with Crippen molar-refractivity contribution >= 4 is 0 Å². The van der Waals surface area contributed by atoms with Crippen molar-refractivity contribution in [2.45, 2.75) is 206 Å². The second-order valence-electron chi connectivity index (χ2n) is 17.8. The molecule has 0 saturated carbocycles. The summed E-state index contributed by atoms with van der Waals surface area (Å²) in [4.78, 5) is 0. The number of aliphatic hydroxyl groups is 3. The van der Waals surface area contributed by atoms with Gasteiger partial charge in [-0.05, 0) is 60.3 Å². The minimum absolute atomic E-state index is 0.100. The summed E-state index contributed by atoms with van der Waals surface area (Å²) in [5.41, 5.74) is -3.86. The van der Waals surface area contributed by atoms with Crippen molar-refractivity contribution in [1.82, 2.24) is 0 Å². The molecule has 18 atom stereocenters. The van der Waals surface area contributed by atoms with Gasteiger partial charge in [-0.15, -0.1) is 0 Å². The maximum atomic E-state index is 11.3. The van der Waals surface area contributed by atoms with E-state index in [1.807, 2.05) is 19.1 Å². The van der Waals surface area contributed by atoms with Gasteiger partial charge < -0.3 is 53.2 Å². The van der Waals surface area contributed by atoms with Crippen LogP contribution in [0.3, 0.4) is 0 Å². The predicted octanol–water partition coefficient (Wildman–Crippen LogP) is 3.99. The molecule has 8 aliphatic rings. The van der Waals surface area contributed by atoms with Gasteiger partial charge in [-0.2, -0.15) is 0 Å². The Morgan fingerprint density at radius 3 is 2.33 bits per heavy atom. The predicted molar refractivity (Wildman–Crippen MR) is 186 cm³/mol.